The lowest BCUT2D eigenvalue weighted by Crippen LogP contribution is -2.31. The van der Waals surface area contributed by atoms with Gasteiger partial charge in [-0.1, -0.05) is 12.1 Å². The van der Waals surface area contributed by atoms with Crippen LogP contribution in [0.15, 0.2) is 47.0 Å². The van der Waals surface area contributed by atoms with Crippen LogP contribution in [0, 0.1) is 26.7 Å². The van der Waals surface area contributed by atoms with Crippen LogP contribution < -0.4 is 4.57 Å². The fourth-order valence-electron chi connectivity index (χ4n) is 3.86. The van der Waals surface area contributed by atoms with Gasteiger partial charge in [-0.05, 0) is 44.5 Å². The zero-order valence-electron chi connectivity index (χ0n) is 17.1. The van der Waals surface area contributed by atoms with Crippen LogP contribution in [0.3, 0.4) is 0 Å². The Labute approximate surface area is 172 Å². The molecule has 0 spiro atoms. The highest BCUT2D eigenvalue weighted by Crippen LogP contribution is 2.36. The SMILES string of the molecule is Cc1nc(C)nc(-c2ccc(-c3c(C)ccc4c3oc3nc(F)ccc34)[n+](C)c2)n1. The number of hydrogen-bond donors (Lipinski definition) is 0. The number of halogens is 1. The first kappa shape index (κ1) is 18.3. The molecule has 0 N–H and O–H groups in total. The Bertz CT molecular complexity index is 1440. The third kappa shape index (κ3) is 2.90. The quantitative estimate of drug-likeness (QED) is 0.325. The van der Waals surface area contributed by atoms with E-state index in [1.807, 2.05) is 62.8 Å². The van der Waals surface area contributed by atoms with Crippen molar-refractivity contribution in [2.24, 2.45) is 7.05 Å². The molecule has 0 fully saturated rings. The lowest BCUT2D eigenvalue weighted by Gasteiger charge is -2.07. The van der Waals surface area contributed by atoms with Crippen LogP contribution in [-0.4, -0.2) is 19.9 Å². The van der Waals surface area contributed by atoms with Crippen LogP contribution in [0.2, 0.25) is 0 Å². The van der Waals surface area contributed by atoms with Crippen molar-refractivity contribution in [1.82, 2.24) is 19.9 Å². The van der Waals surface area contributed by atoms with E-state index in [-0.39, 0.29) is 0 Å². The normalized spacial score (nSPS) is 11.5. The van der Waals surface area contributed by atoms with E-state index in [4.69, 9.17) is 4.42 Å². The van der Waals surface area contributed by atoms with Gasteiger partial charge in [-0.3, -0.25) is 0 Å². The van der Waals surface area contributed by atoms with E-state index in [1.165, 1.54) is 6.07 Å². The second-order valence-corrected chi connectivity index (χ2v) is 7.39. The Hall–Kier alpha value is -3.74. The zero-order valence-corrected chi connectivity index (χ0v) is 17.1. The first-order valence-electron chi connectivity index (χ1n) is 9.59. The minimum Gasteiger partial charge on any atom is -0.437 e. The summed E-state index contributed by atoms with van der Waals surface area (Å²) >= 11 is 0. The number of furan rings is 1. The number of fused-ring (bicyclic) bond motifs is 3. The maximum Gasteiger partial charge on any atom is 0.229 e. The van der Waals surface area contributed by atoms with Gasteiger partial charge in [0.15, 0.2) is 17.6 Å². The number of pyridine rings is 2. The topological polar surface area (TPSA) is 68.6 Å². The van der Waals surface area contributed by atoms with E-state index >= 15 is 0 Å². The molecule has 30 heavy (non-hydrogen) atoms. The smallest absolute Gasteiger partial charge is 0.229 e. The molecule has 0 unspecified atom stereocenters. The Balaban J connectivity index is 1.72. The van der Waals surface area contributed by atoms with Crippen LogP contribution in [0.5, 0.6) is 0 Å². The van der Waals surface area contributed by atoms with E-state index in [1.54, 1.807) is 6.07 Å². The van der Waals surface area contributed by atoms with E-state index in [2.05, 4.69) is 19.9 Å². The van der Waals surface area contributed by atoms with Gasteiger partial charge < -0.3 is 4.42 Å². The summed E-state index contributed by atoms with van der Waals surface area (Å²) in [6.07, 6.45) is 1.99. The summed E-state index contributed by atoms with van der Waals surface area (Å²) in [5.41, 5.74) is 4.85. The third-order valence-corrected chi connectivity index (χ3v) is 5.19. The van der Waals surface area contributed by atoms with Crippen molar-refractivity contribution in [3.8, 4) is 22.6 Å². The van der Waals surface area contributed by atoms with Crippen LogP contribution >= 0.6 is 0 Å². The summed E-state index contributed by atoms with van der Waals surface area (Å²) in [5.74, 6) is 1.46. The lowest BCUT2D eigenvalue weighted by atomic mass is 10.0. The van der Waals surface area contributed by atoms with Gasteiger partial charge >= 0.3 is 0 Å². The number of aryl methyl sites for hydroxylation is 4. The molecule has 0 atom stereocenters. The van der Waals surface area contributed by atoms with Crippen molar-refractivity contribution in [3.63, 3.8) is 0 Å². The van der Waals surface area contributed by atoms with Gasteiger partial charge in [0.1, 0.15) is 18.7 Å². The van der Waals surface area contributed by atoms with E-state index in [0.29, 0.717) is 28.8 Å². The molecule has 7 heteroatoms. The van der Waals surface area contributed by atoms with Crippen molar-refractivity contribution in [2.45, 2.75) is 20.8 Å². The molecular formula is C23H19FN5O+. The Morgan fingerprint density at radius 1 is 0.833 bits per heavy atom. The highest BCUT2D eigenvalue weighted by molar-refractivity contribution is 6.08. The fraction of sp³-hybridized carbons (Fsp3) is 0.174. The van der Waals surface area contributed by atoms with E-state index in [0.717, 1.165) is 33.2 Å². The number of benzene rings is 1. The van der Waals surface area contributed by atoms with Gasteiger partial charge in [0, 0.05) is 16.8 Å². The Morgan fingerprint density at radius 2 is 1.57 bits per heavy atom. The van der Waals surface area contributed by atoms with Gasteiger partial charge in [-0.15, -0.1) is 0 Å². The average Bonchev–Trinajstić information content (AvgIpc) is 3.05. The van der Waals surface area contributed by atoms with E-state index in [9.17, 15) is 4.39 Å². The highest BCUT2D eigenvalue weighted by atomic mass is 19.1. The molecule has 0 aliphatic heterocycles. The summed E-state index contributed by atoms with van der Waals surface area (Å²) in [6, 6.07) is 11.1. The summed E-state index contributed by atoms with van der Waals surface area (Å²) < 4.78 is 21.6. The summed E-state index contributed by atoms with van der Waals surface area (Å²) in [5, 5.41) is 1.70. The largest absolute Gasteiger partial charge is 0.437 e. The molecule has 4 aromatic heterocycles. The predicted octanol–water partition coefficient (Wildman–Crippen LogP) is 4.39. The number of aromatic nitrogens is 5. The fourth-order valence-corrected chi connectivity index (χ4v) is 3.86. The van der Waals surface area contributed by atoms with Crippen LogP contribution in [0.25, 0.3) is 44.7 Å². The van der Waals surface area contributed by atoms with Gasteiger partial charge in [-0.25, -0.2) is 19.5 Å². The maximum atomic E-state index is 13.6. The van der Waals surface area contributed by atoms with Crippen molar-refractivity contribution < 1.29 is 13.4 Å². The molecule has 4 heterocycles. The molecule has 5 aromatic rings. The summed E-state index contributed by atoms with van der Waals surface area (Å²) in [7, 11) is 1.97. The predicted molar refractivity (Wildman–Crippen MR) is 111 cm³/mol. The Morgan fingerprint density at radius 3 is 2.30 bits per heavy atom. The molecule has 5 rings (SSSR count). The monoisotopic (exact) mass is 400 g/mol. The molecule has 0 saturated heterocycles. The average molecular weight is 400 g/mol. The number of rotatable bonds is 2. The van der Waals surface area contributed by atoms with Crippen LogP contribution in [0.1, 0.15) is 17.2 Å². The van der Waals surface area contributed by atoms with Crippen LogP contribution in [-0.2, 0) is 7.05 Å². The first-order valence-corrected chi connectivity index (χ1v) is 9.59. The molecular weight excluding hydrogens is 381 g/mol. The Kier molecular flexibility index (Phi) is 4.06. The first-order chi connectivity index (χ1) is 14.4. The van der Waals surface area contributed by atoms with Gasteiger partial charge in [0.25, 0.3) is 0 Å². The molecule has 148 valence electrons. The molecule has 0 aliphatic rings. The third-order valence-electron chi connectivity index (χ3n) is 5.19. The second kappa shape index (κ2) is 6.66. The van der Waals surface area contributed by atoms with Gasteiger partial charge in [-0.2, -0.15) is 9.37 Å². The zero-order chi connectivity index (χ0) is 21.0. The standard InChI is InChI=1S/C23H19FN5O/c1-12-5-7-16-17-8-10-19(24)28-23(17)30-21(16)20(12)18-9-6-15(11-29(18)4)22-26-13(2)25-14(3)27-22/h5-11H,1-4H3/q+1. The van der Waals surface area contributed by atoms with Crippen molar-refractivity contribution in [2.75, 3.05) is 0 Å². The minimum absolute atomic E-state index is 0.298. The van der Waals surface area contributed by atoms with Gasteiger partial charge in [0.2, 0.25) is 17.4 Å². The summed E-state index contributed by atoms with van der Waals surface area (Å²) in [4.78, 5) is 17.1. The molecule has 0 amide bonds. The summed E-state index contributed by atoms with van der Waals surface area (Å²) in [6.45, 7) is 5.74. The van der Waals surface area contributed by atoms with E-state index < -0.39 is 5.95 Å². The molecule has 6 nitrogen and oxygen atoms in total. The molecule has 0 bridgehead atoms. The molecule has 0 aliphatic carbocycles. The van der Waals surface area contributed by atoms with Crippen molar-refractivity contribution in [1.29, 1.82) is 0 Å². The van der Waals surface area contributed by atoms with Crippen LogP contribution in [0.4, 0.5) is 4.39 Å². The lowest BCUT2D eigenvalue weighted by molar-refractivity contribution is -0.659. The molecule has 0 radical (unpaired) electrons. The molecule has 1 aromatic carbocycles. The maximum absolute atomic E-state index is 13.6. The number of hydrogen-bond acceptors (Lipinski definition) is 5. The second-order valence-electron chi connectivity index (χ2n) is 7.39. The minimum atomic E-state index is -0.558. The molecule has 0 saturated carbocycles. The van der Waals surface area contributed by atoms with Gasteiger partial charge in [0.05, 0.1) is 11.1 Å². The van der Waals surface area contributed by atoms with Crippen molar-refractivity contribution >= 4 is 22.1 Å². The number of nitrogens with zero attached hydrogens (tertiary/aromatic N) is 5. The van der Waals surface area contributed by atoms with Crippen molar-refractivity contribution in [3.05, 3.63) is 65.8 Å². The highest BCUT2D eigenvalue weighted by Gasteiger charge is 2.22.